The first-order chi connectivity index (χ1) is 10.3. The maximum absolute atomic E-state index is 11.3. The summed E-state index contributed by atoms with van der Waals surface area (Å²) in [5, 5.41) is 3.41. The Bertz CT molecular complexity index is 464. The van der Waals surface area contributed by atoms with Crippen molar-refractivity contribution < 1.29 is 4.79 Å². The predicted molar refractivity (Wildman–Crippen MR) is 88.4 cm³/mol. The summed E-state index contributed by atoms with van der Waals surface area (Å²) in [6.07, 6.45) is 11.4. The molecular formula is C18H26N2O. The van der Waals surface area contributed by atoms with Gasteiger partial charge in [-0.05, 0) is 25.0 Å². The van der Waals surface area contributed by atoms with Crippen LogP contribution in [0.15, 0.2) is 24.3 Å². The first-order valence-corrected chi connectivity index (χ1v) is 8.17. The lowest BCUT2D eigenvalue weighted by molar-refractivity contribution is 0.433. The molecule has 0 aliphatic heterocycles. The van der Waals surface area contributed by atoms with Crippen molar-refractivity contribution in [3.05, 3.63) is 29.8 Å². The highest BCUT2D eigenvalue weighted by molar-refractivity contribution is 5.86. The highest BCUT2D eigenvalue weighted by atomic mass is 16.1. The van der Waals surface area contributed by atoms with Crippen molar-refractivity contribution >= 4 is 17.3 Å². The monoisotopic (exact) mass is 286 g/mol. The van der Waals surface area contributed by atoms with Crippen LogP contribution < -0.4 is 11.1 Å². The van der Waals surface area contributed by atoms with E-state index < -0.39 is 0 Å². The molecule has 0 amide bonds. The predicted octanol–water partition coefficient (Wildman–Crippen LogP) is 3.92. The molecule has 3 heteroatoms. The summed E-state index contributed by atoms with van der Waals surface area (Å²) >= 11 is 0. The van der Waals surface area contributed by atoms with Gasteiger partial charge in [-0.3, -0.25) is 0 Å². The minimum atomic E-state index is 0.386. The fraction of sp³-hybridized carbons (Fsp3) is 0.556. The zero-order valence-corrected chi connectivity index (χ0v) is 12.7. The Morgan fingerprint density at radius 1 is 0.952 bits per heavy atom. The first-order valence-electron chi connectivity index (χ1n) is 8.17. The Morgan fingerprint density at radius 2 is 1.48 bits per heavy atom. The number of carbonyl (C=O) groups excluding carboxylic acids is 1. The number of benzene rings is 1. The molecule has 0 bridgehead atoms. The molecule has 0 aromatic heterocycles. The van der Waals surface area contributed by atoms with Crippen molar-refractivity contribution in [2.45, 2.75) is 63.8 Å². The minimum absolute atomic E-state index is 0.386. The molecule has 1 aliphatic carbocycles. The van der Waals surface area contributed by atoms with Crippen molar-refractivity contribution in [3.8, 4) is 0 Å². The lowest BCUT2D eigenvalue weighted by Gasteiger charge is -2.21. The standard InChI is InChI=1S/C18H26N2O/c19-16-12-10-15(11-13-16)18(14-21)20-17-8-6-4-2-1-3-5-7-9-17/h10-13,17,20H,1-9,19H2. The van der Waals surface area contributed by atoms with Crippen LogP contribution in [-0.4, -0.2) is 12.0 Å². The Kier molecular flexibility index (Phi) is 6.36. The van der Waals surface area contributed by atoms with Crippen molar-refractivity contribution in [2.24, 2.45) is 0 Å². The highest BCUT2D eigenvalue weighted by Gasteiger charge is 2.13. The third-order valence-electron chi connectivity index (χ3n) is 4.26. The van der Waals surface area contributed by atoms with Gasteiger partial charge in [-0.1, -0.05) is 57.1 Å². The van der Waals surface area contributed by atoms with E-state index in [4.69, 9.17) is 5.73 Å². The van der Waals surface area contributed by atoms with Crippen LogP contribution in [0.1, 0.15) is 63.4 Å². The van der Waals surface area contributed by atoms with Gasteiger partial charge in [0.1, 0.15) is 5.70 Å². The van der Waals surface area contributed by atoms with E-state index in [0.29, 0.717) is 17.4 Å². The molecule has 21 heavy (non-hydrogen) atoms. The summed E-state index contributed by atoms with van der Waals surface area (Å²) in [6.45, 7) is 0. The number of nitrogens with two attached hydrogens (primary N) is 1. The number of nitrogen functional groups attached to an aromatic ring is 1. The zero-order chi connectivity index (χ0) is 14.9. The second-order valence-corrected chi connectivity index (χ2v) is 5.99. The highest BCUT2D eigenvalue weighted by Crippen LogP contribution is 2.19. The van der Waals surface area contributed by atoms with Crippen LogP contribution in [0.5, 0.6) is 0 Å². The number of hydrogen-bond donors (Lipinski definition) is 2. The average Bonchev–Trinajstić information content (AvgIpc) is 2.52. The summed E-state index contributed by atoms with van der Waals surface area (Å²) in [5.41, 5.74) is 7.84. The van der Waals surface area contributed by atoms with Crippen LogP contribution in [0, 0.1) is 0 Å². The molecule has 0 atom stereocenters. The van der Waals surface area contributed by atoms with E-state index in [2.05, 4.69) is 11.3 Å². The molecule has 3 N–H and O–H groups in total. The molecule has 0 unspecified atom stereocenters. The van der Waals surface area contributed by atoms with Crippen molar-refractivity contribution in [2.75, 3.05) is 5.73 Å². The van der Waals surface area contributed by atoms with Gasteiger partial charge in [0.2, 0.25) is 0 Å². The largest absolute Gasteiger partial charge is 0.399 e. The van der Waals surface area contributed by atoms with E-state index in [0.717, 1.165) is 18.4 Å². The Balaban J connectivity index is 1.98. The molecule has 1 fully saturated rings. The van der Waals surface area contributed by atoms with Crippen LogP contribution in [0.25, 0.3) is 5.70 Å². The van der Waals surface area contributed by atoms with Crippen LogP contribution in [-0.2, 0) is 4.79 Å². The van der Waals surface area contributed by atoms with E-state index in [1.807, 2.05) is 24.3 Å². The van der Waals surface area contributed by atoms with Gasteiger partial charge in [0.25, 0.3) is 0 Å². The van der Waals surface area contributed by atoms with E-state index in [-0.39, 0.29) is 0 Å². The lowest BCUT2D eigenvalue weighted by Crippen LogP contribution is -2.28. The minimum Gasteiger partial charge on any atom is -0.399 e. The molecule has 0 spiro atoms. The Morgan fingerprint density at radius 3 is 2.00 bits per heavy atom. The summed E-state index contributed by atoms with van der Waals surface area (Å²) in [7, 11) is 0. The van der Waals surface area contributed by atoms with Crippen molar-refractivity contribution in [1.82, 2.24) is 5.32 Å². The SMILES string of the molecule is Nc1ccc(C(=C=O)NC2CCCCCCCCC2)cc1. The van der Waals surface area contributed by atoms with Gasteiger partial charge in [-0.2, -0.15) is 0 Å². The summed E-state index contributed by atoms with van der Waals surface area (Å²) < 4.78 is 0. The molecule has 0 radical (unpaired) electrons. The molecule has 1 aliphatic rings. The van der Waals surface area contributed by atoms with Gasteiger partial charge in [-0.15, -0.1) is 0 Å². The van der Waals surface area contributed by atoms with Gasteiger partial charge in [0.15, 0.2) is 5.94 Å². The fourth-order valence-corrected chi connectivity index (χ4v) is 2.98. The molecule has 1 aromatic rings. The molecular weight excluding hydrogens is 260 g/mol. The summed E-state index contributed by atoms with van der Waals surface area (Å²) in [6, 6.07) is 7.78. The molecule has 2 rings (SSSR count). The van der Waals surface area contributed by atoms with Gasteiger partial charge in [-0.25, -0.2) is 4.79 Å². The van der Waals surface area contributed by atoms with E-state index in [1.54, 1.807) is 0 Å². The second kappa shape index (κ2) is 8.53. The number of anilines is 1. The number of rotatable bonds is 3. The average molecular weight is 286 g/mol. The van der Waals surface area contributed by atoms with Crippen LogP contribution in [0.3, 0.4) is 0 Å². The van der Waals surface area contributed by atoms with Gasteiger partial charge < -0.3 is 11.1 Å². The van der Waals surface area contributed by atoms with Crippen LogP contribution >= 0.6 is 0 Å². The Labute approximate surface area is 127 Å². The molecule has 114 valence electrons. The fourth-order valence-electron chi connectivity index (χ4n) is 2.98. The first kappa shape index (κ1) is 15.7. The van der Waals surface area contributed by atoms with Crippen molar-refractivity contribution in [3.63, 3.8) is 0 Å². The van der Waals surface area contributed by atoms with Crippen molar-refractivity contribution in [1.29, 1.82) is 0 Å². The smallest absolute Gasteiger partial charge is 0.150 e. The lowest BCUT2D eigenvalue weighted by atomic mass is 9.97. The maximum Gasteiger partial charge on any atom is 0.150 e. The van der Waals surface area contributed by atoms with Gasteiger partial charge in [0.05, 0.1) is 0 Å². The summed E-state index contributed by atoms with van der Waals surface area (Å²) in [5.74, 6) is 2.06. The molecule has 3 nitrogen and oxygen atoms in total. The van der Waals surface area contributed by atoms with Gasteiger partial charge in [0, 0.05) is 17.3 Å². The third-order valence-corrected chi connectivity index (χ3v) is 4.26. The quantitative estimate of drug-likeness (QED) is 0.654. The van der Waals surface area contributed by atoms with E-state index >= 15 is 0 Å². The number of nitrogens with one attached hydrogen (secondary N) is 1. The molecule has 0 saturated heterocycles. The molecule has 1 aromatic carbocycles. The van der Waals surface area contributed by atoms with Gasteiger partial charge >= 0.3 is 0 Å². The Hall–Kier alpha value is -1.73. The van der Waals surface area contributed by atoms with Crippen LogP contribution in [0.4, 0.5) is 5.69 Å². The van der Waals surface area contributed by atoms with Crippen LogP contribution in [0.2, 0.25) is 0 Å². The normalized spacial score (nSPS) is 17.7. The summed E-state index contributed by atoms with van der Waals surface area (Å²) in [4.78, 5) is 11.3. The third kappa shape index (κ3) is 5.28. The molecule has 1 saturated carbocycles. The van der Waals surface area contributed by atoms with E-state index in [1.165, 1.54) is 44.9 Å². The van der Waals surface area contributed by atoms with E-state index in [9.17, 15) is 4.79 Å². The number of hydrogen-bond acceptors (Lipinski definition) is 3. The topological polar surface area (TPSA) is 55.1 Å². The second-order valence-electron chi connectivity index (χ2n) is 5.99. The zero-order valence-electron chi connectivity index (χ0n) is 12.7. The molecule has 0 heterocycles. The maximum atomic E-state index is 11.3.